The fourth-order valence-corrected chi connectivity index (χ4v) is 4.39. The second kappa shape index (κ2) is 9.52. The van der Waals surface area contributed by atoms with E-state index in [9.17, 15) is 32.3 Å². The van der Waals surface area contributed by atoms with Crippen LogP contribution in [0.4, 0.5) is 13.2 Å². The van der Waals surface area contributed by atoms with E-state index in [4.69, 9.17) is 4.74 Å². The number of hydrogen-bond acceptors (Lipinski definition) is 5. The average Bonchev–Trinajstić information content (AvgIpc) is 3.14. The zero-order chi connectivity index (χ0) is 25.3. The predicted molar refractivity (Wildman–Crippen MR) is 117 cm³/mol. The molecule has 0 radical (unpaired) electrons. The molecule has 10 heteroatoms. The van der Waals surface area contributed by atoms with Crippen molar-refractivity contribution in [1.29, 1.82) is 0 Å². The molecule has 1 N–H and O–H groups in total. The molecule has 0 aromatic heterocycles. The number of halogens is 3. The van der Waals surface area contributed by atoms with Gasteiger partial charge in [0.25, 0.3) is 11.8 Å². The largest absolute Gasteiger partial charge is 0.493 e. The van der Waals surface area contributed by atoms with Crippen LogP contribution < -0.4 is 10.1 Å². The second-order valence-electron chi connectivity index (χ2n) is 8.49. The quantitative estimate of drug-likeness (QED) is 0.604. The van der Waals surface area contributed by atoms with Crippen LogP contribution in [0.5, 0.6) is 5.75 Å². The van der Waals surface area contributed by atoms with Gasteiger partial charge >= 0.3 is 5.92 Å². The SMILES string of the molecule is CCOc1ccc(F)cc1C(F)(F)C(=O)NCc1ccc2c(c1)CN(C1CCC(=O)CC1=O)C2=O. The summed E-state index contributed by atoms with van der Waals surface area (Å²) in [6, 6.07) is 6.58. The van der Waals surface area contributed by atoms with Gasteiger partial charge in [0.15, 0.2) is 5.78 Å². The van der Waals surface area contributed by atoms with Crippen LogP contribution in [0.2, 0.25) is 0 Å². The number of ether oxygens (including phenoxy) is 1. The standard InChI is InChI=1S/C25H23F3N2O5/c1-2-35-22-8-4-16(26)10-19(22)25(27,28)24(34)29-12-14-3-6-18-15(9-14)13-30(23(18)33)20-7-5-17(31)11-21(20)32/h3-4,6,8-10,20H,2,5,7,11-13H2,1H3,(H,29,34). The Balaban J connectivity index is 1.46. The van der Waals surface area contributed by atoms with E-state index in [1.807, 2.05) is 0 Å². The Morgan fingerprint density at radius 3 is 2.66 bits per heavy atom. The molecule has 1 aliphatic carbocycles. The lowest BCUT2D eigenvalue weighted by atomic mass is 9.92. The molecular formula is C25H23F3N2O5. The van der Waals surface area contributed by atoms with Crippen LogP contribution >= 0.6 is 0 Å². The summed E-state index contributed by atoms with van der Waals surface area (Å²) in [6.07, 6.45) is 0.324. The van der Waals surface area contributed by atoms with Gasteiger partial charge in [-0.1, -0.05) is 12.1 Å². The summed E-state index contributed by atoms with van der Waals surface area (Å²) in [4.78, 5) is 50.3. The van der Waals surface area contributed by atoms with Crippen LogP contribution in [0.25, 0.3) is 0 Å². The Morgan fingerprint density at radius 1 is 1.17 bits per heavy atom. The summed E-state index contributed by atoms with van der Waals surface area (Å²) < 4.78 is 48.4. The summed E-state index contributed by atoms with van der Waals surface area (Å²) in [5, 5.41) is 2.16. The molecule has 35 heavy (non-hydrogen) atoms. The first kappa shape index (κ1) is 24.4. The number of hydrogen-bond donors (Lipinski definition) is 1. The molecule has 0 spiro atoms. The van der Waals surface area contributed by atoms with E-state index in [0.29, 0.717) is 22.8 Å². The normalized spacial score (nSPS) is 18.0. The molecule has 1 fully saturated rings. The summed E-state index contributed by atoms with van der Waals surface area (Å²) >= 11 is 0. The number of amides is 2. The van der Waals surface area contributed by atoms with Gasteiger partial charge in [0.1, 0.15) is 17.3 Å². The van der Waals surface area contributed by atoms with Crippen molar-refractivity contribution < 1.29 is 37.1 Å². The van der Waals surface area contributed by atoms with Gasteiger partial charge in [0.2, 0.25) is 0 Å². The molecule has 2 aromatic carbocycles. The number of benzene rings is 2. The summed E-state index contributed by atoms with van der Waals surface area (Å²) in [7, 11) is 0. The van der Waals surface area contributed by atoms with Gasteiger partial charge in [0, 0.05) is 25.1 Å². The number of carbonyl (C=O) groups is 4. The second-order valence-corrected chi connectivity index (χ2v) is 8.49. The molecule has 1 unspecified atom stereocenters. The molecular weight excluding hydrogens is 465 g/mol. The Hall–Kier alpha value is -3.69. The Kier molecular flexibility index (Phi) is 6.64. The minimum absolute atomic E-state index is 0.0595. The summed E-state index contributed by atoms with van der Waals surface area (Å²) in [5.41, 5.74) is 0.581. The van der Waals surface area contributed by atoms with Crippen molar-refractivity contribution in [2.75, 3.05) is 6.61 Å². The van der Waals surface area contributed by atoms with E-state index >= 15 is 0 Å². The zero-order valence-electron chi connectivity index (χ0n) is 18.9. The van der Waals surface area contributed by atoms with Gasteiger partial charge in [-0.3, -0.25) is 19.2 Å². The molecule has 4 rings (SSSR count). The summed E-state index contributed by atoms with van der Waals surface area (Å²) in [5.74, 6) is -7.65. The van der Waals surface area contributed by atoms with Gasteiger partial charge in [0.05, 0.1) is 24.6 Å². The van der Waals surface area contributed by atoms with Crippen molar-refractivity contribution in [2.45, 2.75) is 51.2 Å². The van der Waals surface area contributed by atoms with Gasteiger partial charge in [-0.2, -0.15) is 8.78 Å². The number of carbonyl (C=O) groups excluding carboxylic acids is 4. The van der Waals surface area contributed by atoms with Gasteiger partial charge in [-0.25, -0.2) is 4.39 Å². The van der Waals surface area contributed by atoms with Crippen LogP contribution in [0, 0.1) is 5.82 Å². The third-order valence-corrected chi connectivity index (χ3v) is 6.14. The molecule has 7 nitrogen and oxygen atoms in total. The zero-order valence-corrected chi connectivity index (χ0v) is 18.9. The molecule has 2 aromatic rings. The Bertz CT molecular complexity index is 1210. The number of ketones is 2. The van der Waals surface area contributed by atoms with Crippen molar-refractivity contribution in [3.63, 3.8) is 0 Å². The highest BCUT2D eigenvalue weighted by molar-refractivity contribution is 6.07. The van der Waals surface area contributed by atoms with Crippen molar-refractivity contribution in [2.24, 2.45) is 0 Å². The van der Waals surface area contributed by atoms with E-state index in [1.54, 1.807) is 13.0 Å². The maximum absolute atomic E-state index is 14.8. The third-order valence-electron chi connectivity index (χ3n) is 6.14. The monoisotopic (exact) mass is 488 g/mol. The highest BCUT2D eigenvalue weighted by Crippen LogP contribution is 2.36. The number of Topliss-reactive ketones (excluding diaryl/α,β-unsaturated/α-hetero) is 2. The predicted octanol–water partition coefficient (Wildman–Crippen LogP) is 3.28. The third kappa shape index (κ3) is 4.78. The smallest absolute Gasteiger partial charge is 0.353 e. The van der Waals surface area contributed by atoms with Crippen LogP contribution in [-0.4, -0.2) is 40.9 Å². The number of alkyl halides is 2. The minimum atomic E-state index is -4.05. The van der Waals surface area contributed by atoms with Crippen molar-refractivity contribution in [3.05, 3.63) is 64.5 Å². The number of nitrogens with one attached hydrogen (secondary N) is 1. The van der Waals surface area contributed by atoms with Gasteiger partial charge < -0.3 is 15.0 Å². The molecule has 2 amide bonds. The topological polar surface area (TPSA) is 92.8 Å². The van der Waals surface area contributed by atoms with E-state index in [-0.39, 0.29) is 62.2 Å². The Morgan fingerprint density at radius 2 is 1.94 bits per heavy atom. The number of rotatable bonds is 7. The van der Waals surface area contributed by atoms with Crippen LogP contribution in [0.1, 0.15) is 53.2 Å². The molecule has 0 bridgehead atoms. The van der Waals surface area contributed by atoms with Crippen molar-refractivity contribution in [1.82, 2.24) is 10.2 Å². The first-order valence-corrected chi connectivity index (χ1v) is 11.2. The first-order valence-electron chi connectivity index (χ1n) is 11.2. The minimum Gasteiger partial charge on any atom is -0.493 e. The van der Waals surface area contributed by atoms with Gasteiger partial charge in [-0.15, -0.1) is 0 Å². The lowest BCUT2D eigenvalue weighted by molar-refractivity contribution is -0.147. The van der Waals surface area contributed by atoms with E-state index in [1.165, 1.54) is 17.0 Å². The fourth-order valence-electron chi connectivity index (χ4n) is 4.39. The highest BCUT2D eigenvalue weighted by atomic mass is 19.3. The van der Waals surface area contributed by atoms with Crippen LogP contribution in [0.15, 0.2) is 36.4 Å². The first-order chi connectivity index (χ1) is 16.6. The lowest BCUT2D eigenvalue weighted by Gasteiger charge is -2.29. The maximum atomic E-state index is 14.8. The van der Waals surface area contributed by atoms with Crippen LogP contribution in [-0.2, 0) is 33.4 Å². The molecule has 1 heterocycles. The molecule has 2 aliphatic rings. The molecule has 1 aliphatic heterocycles. The molecule has 1 atom stereocenters. The van der Waals surface area contributed by atoms with E-state index in [2.05, 4.69) is 5.32 Å². The average molecular weight is 488 g/mol. The summed E-state index contributed by atoms with van der Waals surface area (Å²) in [6.45, 7) is 1.53. The highest BCUT2D eigenvalue weighted by Gasteiger charge is 2.44. The van der Waals surface area contributed by atoms with Gasteiger partial charge in [-0.05, 0) is 48.7 Å². The number of nitrogens with zero attached hydrogens (tertiary/aromatic N) is 1. The number of fused-ring (bicyclic) bond motifs is 1. The van der Waals surface area contributed by atoms with Crippen molar-refractivity contribution >= 4 is 23.4 Å². The Labute approximate surface area is 199 Å². The van der Waals surface area contributed by atoms with Crippen molar-refractivity contribution in [3.8, 4) is 5.75 Å². The van der Waals surface area contributed by atoms with Crippen LogP contribution in [0.3, 0.4) is 0 Å². The van der Waals surface area contributed by atoms with E-state index in [0.717, 1.165) is 12.1 Å². The fraction of sp³-hybridized carbons (Fsp3) is 0.360. The molecule has 1 saturated carbocycles. The molecule has 0 saturated heterocycles. The lowest BCUT2D eigenvalue weighted by Crippen LogP contribution is -2.44. The van der Waals surface area contributed by atoms with E-state index < -0.39 is 29.3 Å². The maximum Gasteiger partial charge on any atom is 0.353 e. The molecule has 184 valence electrons.